The minimum absolute atomic E-state index is 0.0652. The zero-order valence-corrected chi connectivity index (χ0v) is 14.0. The molecule has 1 aliphatic heterocycles. The zero-order valence-electron chi connectivity index (χ0n) is 14.0. The van der Waals surface area contributed by atoms with E-state index in [0.29, 0.717) is 11.5 Å². The average Bonchev–Trinajstić information content (AvgIpc) is 2.77. The van der Waals surface area contributed by atoms with Crippen LogP contribution in [0.1, 0.15) is 34.6 Å². The average molecular weight is 296 g/mol. The number of amides is 1. The number of nitrogens with zero attached hydrogens (tertiary/aromatic N) is 2. The van der Waals surface area contributed by atoms with Crippen molar-refractivity contribution in [2.75, 3.05) is 5.01 Å². The summed E-state index contributed by atoms with van der Waals surface area (Å²) in [5.74, 6) is 0.387. The van der Waals surface area contributed by atoms with Crippen LogP contribution < -0.4 is 5.01 Å². The highest BCUT2D eigenvalue weighted by Crippen LogP contribution is 2.31. The standard InChI is InChI=1S/C19H24N2O/c1-14(2)10-9-13-16-17(19(3,4)5)20-21(18(16)22)15-11-7-6-8-12-15/h6-14H,1-5H3/b10-9+,16-13-. The van der Waals surface area contributed by atoms with E-state index >= 15 is 0 Å². The fourth-order valence-corrected chi connectivity index (χ4v) is 2.24. The van der Waals surface area contributed by atoms with E-state index < -0.39 is 0 Å². The molecule has 0 aromatic heterocycles. The van der Waals surface area contributed by atoms with Crippen LogP contribution in [0.4, 0.5) is 5.69 Å². The van der Waals surface area contributed by atoms with E-state index in [1.165, 1.54) is 5.01 Å². The molecule has 0 N–H and O–H groups in total. The number of hydrogen-bond donors (Lipinski definition) is 0. The summed E-state index contributed by atoms with van der Waals surface area (Å²) in [5, 5.41) is 6.08. The van der Waals surface area contributed by atoms with Gasteiger partial charge in [0.25, 0.3) is 5.91 Å². The number of hydrogen-bond acceptors (Lipinski definition) is 2. The van der Waals surface area contributed by atoms with Gasteiger partial charge in [0, 0.05) is 5.41 Å². The number of rotatable bonds is 3. The Labute approximate surface area is 133 Å². The van der Waals surface area contributed by atoms with Gasteiger partial charge < -0.3 is 0 Å². The molecule has 0 atom stereocenters. The molecule has 1 aromatic carbocycles. The molecule has 3 heteroatoms. The maximum atomic E-state index is 12.7. The van der Waals surface area contributed by atoms with E-state index in [-0.39, 0.29) is 11.3 Å². The van der Waals surface area contributed by atoms with Gasteiger partial charge >= 0.3 is 0 Å². The topological polar surface area (TPSA) is 32.7 Å². The van der Waals surface area contributed by atoms with Gasteiger partial charge in [-0.25, -0.2) is 0 Å². The number of hydrazone groups is 1. The van der Waals surface area contributed by atoms with Crippen LogP contribution in [0.3, 0.4) is 0 Å². The Balaban J connectivity index is 2.42. The summed E-state index contributed by atoms with van der Waals surface area (Å²) in [7, 11) is 0. The number of anilines is 1. The van der Waals surface area contributed by atoms with Crippen LogP contribution in [-0.4, -0.2) is 11.6 Å². The summed E-state index contributed by atoms with van der Waals surface area (Å²) < 4.78 is 0. The smallest absolute Gasteiger partial charge is 0.267 e. The van der Waals surface area contributed by atoms with Crippen molar-refractivity contribution in [3.8, 4) is 0 Å². The largest absolute Gasteiger partial charge is 0.280 e. The monoisotopic (exact) mass is 296 g/mol. The molecule has 2 rings (SSSR count). The summed E-state index contributed by atoms with van der Waals surface area (Å²) in [4.78, 5) is 12.7. The number of benzene rings is 1. The van der Waals surface area contributed by atoms with Crippen molar-refractivity contribution in [2.24, 2.45) is 16.4 Å². The van der Waals surface area contributed by atoms with Crippen molar-refractivity contribution >= 4 is 17.3 Å². The molecule has 22 heavy (non-hydrogen) atoms. The van der Waals surface area contributed by atoms with Crippen LogP contribution in [0, 0.1) is 11.3 Å². The number of carbonyl (C=O) groups excluding carboxylic acids is 1. The molecular formula is C19H24N2O. The van der Waals surface area contributed by atoms with Crippen molar-refractivity contribution in [2.45, 2.75) is 34.6 Å². The lowest BCUT2D eigenvalue weighted by Gasteiger charge is -2.17. The summed E-state index contributed by atoms with van der Waals surface area (Å²) in [6.07, 6.45) is 5.91. The summed E-state index contributed by atoms with van der Waals surface area (Å²) in [5.41, 5.74) is 2.12. The van der Waals surface area contributed by atoms with Crippen LogP contribution in [0.5, 0.6) is 0 Å². The highest BCUT2D eigenvalue weighted by atomic mass is 16.2. The van der Waals surface area contributed by atoms with Gasteiger partial charge in [-0.1, -0.05) is 65.0 Å². The van der Waals surface area contributed by atoms with E-state index in [1.807, 2.05) is 42.5 Å². The third kappa shape index (κ3) is 3.53. The highest BCUT2D eigenvalue weighted by Gasteiger charge is 2.36. The van der Waals surface area contributed by atoms with Crippen LogP contribution in [0.2, 0.25) is 0 Å². The lowest BCUT2D eigenvalue weighted by molar-refractivity contribution is -0.114. The van der Waals surface area contributed by atoms with Crippen LogP contribution in [0.15, 0.2) is 59.2 Å². The van der Waals surface area contributed by atoms with E-state index in [9.17, 15) is 4.79 Å². The van der Waals surface area contributed by atoms with Crippen LogP contribution >= 0.6 is 0 Å². The molecule has 0 unspecified atom stereocenters. The molecule has 0 saturated heterocycles. The first kappa shape index (κ1) is 16.2. The molecule has 0 aliphatic carbocycles. The molecule has 1 amide bonds. The quantitative estimate of drug-likeness (QED) is 0.752. The summed E-state index contributed by atoms with van der Waals surface area (Å²) >= 11 is 0. The highest BCUT2D eigenvalue weighted by molar-refractivity contribution is 6.31. The normalized spacial score (nSPS) is 17.9. The Bertz CT molecular complexity index is 631. The molecular weight excluding hydrogens is 272 g/mol. The second-order valence-corrected chi connectivity index (χ2v) is 6.86. The SMILES string of the molecule is CC(C)/C=C/C=C1\C(=O)N(c2ccccc2)N=C1C(C)(C)C. The Hall–Kier alpha value is -2.16. The van der Waals surface area contributed by atoms with Crippen molar-refractivity contribution in [3.63, 3.8) is 0 Å². The minimum atomic E-state index is -0.184. The lowest BCUT2D eigenvalue weighted by atomic mass is 9.85. The third-order valence-corrected chi connectivity index (χ3v) is 3.35. The second kappa shape index (κ2) is 6.30. The Kier molecular flexibility index (Phi) is 4.65. The van der Waals surface area contributed by atoms with Crippen LogP contribution in [0.25, 0.3) is 0 Å². The van der Waals surface area contributed by atoms with E-state index in [1.54, 1.807) is 0 Å². The molecule has 1 aromatic rings. The predicted octanol–water partition coefficient (Wildman–Crippen LogP) is 4.57. The van der Waals surface area contributed by atoms with Gasteiger partial charge in [-0.15, -0.1) is 0 Å². The van der Waals surface area contributed by atoms with Crippen LogP contribution in [-0.2, 0) is 4.79 Å². The van der Waals surface area contributed by atoms with Gasteiger partial charge in [0.15, 0.2) is 0 Å². The van der Waals surface area contributed by atoms with Crippen molar-refractivity contribution in [1.29, 1.82) is 0 Å². The van der Waals surface area contributed by atoms with Gasteiger partial charge in [0.2, 0.25) is 0 Å². The third-order valence-electron chi connectivity index (χ3n) is 3.35. The Morgan fingerprint density at radius 3 is 2.32 bits per heavy atom. The lowest BCUT2D eigenvalue weighted by Crippen LogP contribution is -2.24. The van der Waals surface area contributed by atoms with Gasteiger partial charge in [0.05, 0.1) is 17.0 Å². The van der Waals surface area contributed by atoms with Gasteiger partial charge in [-0.05, 0) is 24.1 Å². The Morgan fingerprint density at radius 2 is 1.77 bits per heavy atom. The first-order valence-corrected chi connectivity index (χ1v) is 7.68. The molecule has 3 nitrogen and oxygen atoms in total. The fraction of sp³-hybridized carbons (Fsp3) is 0.368. The van der Waals surface area contributed by atoms with E-state index in [4.69, 9.17) is 0 Å². The van der Waals surface area contributed by atoms with E-state index in [0.717, 1.165) is 11.4 Å². The van der Waals surface area contributed by atoms with Gasteiger partial charge in [-0.3, -0.25) is 4.79 Å². The van der Waals surface area contributed by atoms with E-state index in [2.05, 4.69) is 45.8 Å². The Morgan fingerprint density at radius 1 is 1.14 bits per heavy atom. The second-order valence-electron chi connectivity index (χ2n) is 6.86. The summed E-state index contributed by atoms with van der Waals surface area (Å²) in [6.45, 7) is 10.5. The number of carbonyl (C=O) groups is 1. The molecule has 1 heterocycles. The maximum Gasteiger partial charge on any atom is 0.280 e. The molecule has 0 bridgehead atoms. The fourth-order valence-electron chi connectivity index (χ4n) is 2.24. The van der Waals surface area contributed by atoms with Crippen molar-refractivity contribution in [1.82, 2.24) is 0 Å². The predicted molar refractivity (Wildman–Crippen MR) is 92.9 cm³/mol. The van der Waals surface area contributed by atoms with Crippen molar-refractivity contribution < 1.29 is 4.79 Å². The molecule has 0 saturated carbocycles. The molecule has 116 valence electrons. The molecule has 0 spiro atoms. The minimum Gasteiger partial charge on any atom is -0.267 e. The number of para-hydroxylation sites is 1. The summed E-state index contributed by atoms with van der Waals surface area (Å²) in [6, 6.07) is 9.55. The maximum absolute atomic E-state index is 12.7. The molecule has 1 aliphatic rings. The van der Waals surface area contributed by atoms with Gasteiger partial charge in [-0.2, -0.15) is 10.1 Å². The first-order valence-electron chi connectivity index (χ1n) is 7.68. The first-order chi connectivity index (χ1) is 10.3. The van der Waals surface area contributed by atoms with Crippen molar-refractivity contribution in [3.05, 3.63) is 54.1 Å². The van der Waals surface area contributed by atoms with Gasteiger partial charge in [0.1, 0.15) is 0 Å². The number of allylic oxidation sites excluding steroid dienone is 3. The molecule has 0 radical (unpaired) electrons. The molecule has 0 fully saturated rings. The zero-order chi connectivity index (χ0) is 16.3.